The maximum Gasteiger partial charge on any atom is 0.226 e. The number of hydrogen-bond acceptors (Lipinski definition) is 4. The molecule has 3 heterocycles. The van der Waals surface area contributed by atoms with Crippen LogP contribution >= 0.6 is 11.3 Å². The highest BCUT2D eigenvalue weighted by Crippen LogP contribution is 2.28. The van der Waals surface area contributed by atoms with Gasteiger partial charge in [-0.15, -0.1) is 11.3 Å². The Balaban J connectivity index is 1.30. The van der Waals surface area contributed by atoms with Crippen LogP contribution in [0.1, 0.15) is 28.8 Å². The molecule has 1 aromatic heterocycles. The molecule has 2 aliphatic heterocycles. The molecule has 1 amide bonds. The van der Waals surface area contributed by atoms with Crippen LogP contribution in [0.4, 0.5) is 0 Å². The van der Waals surface area contributed by atoms with E-state index in [1.165, 1.54) is 12.0 Å². The molecule has 1 fully saturated rings. The number of likely N-dealkylation sites (tertiary alicyclic amines) is 1. The summed E-state index contributed by atoms with van der Waals surface area (Å²) in [5.74, 6) is 1.04. The zero-order chi connectivity index (χ0) is 17.9. The van der Waals surface area contributed by atoms with Crippen LogP contribution in [0, 0.1) is 0 Å². The van der Waals surface area contributed by atoms with Gasteiger partial charge in [-0.2, -0.15) is 0 Å². The van der Waals surface area contributed by atoms with E-state index in [4.69, 9.17) is 4.74 Å². The Bertz CT molecular complexity index is 765. The molecular weight excluding hydrogens is 344 g/mol. The zero-order valence-corrected chi connectivity index (χ0v) is 16.1. The molecule has 138 valence electrons. The molecule has 0 bridgehead atoms. The number of rotatable bonds is 4. The lowest BCUT2D eigenvalue weighted by Crippen LogP contribution is -2.48. The number of thiophene rings is 1. The van der Waals surface area contributed by atoms with E-state index < -0.39 is 0 Å². The maximum absolute atomic E-state index is 12.7. The Morgan fingerprint density at radius 1 is 1.23 bits per heavy atom. The Hall–Kier alpha value is -1.85. The first-order valence-electron chi connectivity index (χ1n) is 9.43. The third-order valence-electron chi connectivity index (χ3n) is 5.66. The number of benzene rings is 1. The van der Waals surface area contributed by atoms with E-state index in [9.17, 15) is 4.79 Å². The van der Waals surface area contributed by atoms with Gasteiger partial charge in [-0.1, -0.05) is 12.1 Å². The minimum Gasteiger partial charge on any atom is -0.497 e. The van der Waals surface area contributed by atoms with Gasteiger partial charge in [0.25, 0.3) is 0 Å². The standard InChI is InChI=1S/C21H26N2O2S/c1-25-19-4-2-3-16(13-19)14-21(24)22-9-5-18(6-10-22)23-11-7-20-17(15-23)8-12-26-20/h2-4,8,12-13,18H,5-7,9-11,14-15H2,1H3. The summed E-state index contributed by atoms with van der Waals surface area (Å²) in [6, 6.07) is 10.7. The maximum atomic E-state index is 12.7. The fourth-order valence-corrected chi connectivity index (χ4v) is 5.02. The van der Waals surface area contributed by atoms with Gasteiger partial charge < -0.3 is 9.64 Å². The lowest BCUT2D eigenvalue weighted by Gasteiger charge is -2.40. The van der Waals surface area contributed by atoms with Gasteiger partial charge in [-0.05, 0) is 54.0 Å². The molecule has 0 unspecified atom stereocenters. The topological polar surface area (TPSA) is 32.8 Å². The minimum absolute atomic E-state index is 0.232. The molecule has 26 heavy (non-hydrogen) atoms. The highest BCUT2D eigenvalue weighted by atomic mass is 32.1. The van der Waals surface area contributed by atoms with Gasteiger partial charge in [0.2, 0.25) is 5.91 Å². The average molecular weight is 371 g/mol. The molecule has 2 aromatic rings. The van der Waals surface area contributed by atoms with Crippen molar-refractivity contribution in [3.05, 3.63) is 51.7 Å². The molecule has 0 saturated carbocycles. The van der Waals surface area contributed by atoms with Gasteiger partial charge in [0.1, 0.15) is 5.75 Å². The summed E-state index contributed by atoms with van der Waals surface area (Å²) in [7, 11) is 1.66. The number of ether oxygens (including phenoxy) is 1. The summed E-state index contributed by atoms with van der Waals surface area (Å²) >= 11 is 1.89. The predicted molar refractivity (Wildman–Crippen MR) is 105 cm³/mol. The summed E-state index contributed by atoms with van der Waals surface area (Å²) in [4.78, 5) is 18.9. The molecule has 4 nitrogen and oxygen atoms in total. The Kier molecular flexibility index (Phi) is 5.27. The van der Waals surface area contributed by atoms with E-state index in [0.29, 0.717) is 12.5 Å². The number of piperidine rings is 1. The van der Waals surface area contributed by atoms with E-state index in [-0.39, 0.29) is 5.91 Å². The number of nitrogens with zero attached hydrogens (tertiary/aromatic N) is 2. The van der Waals surface area contributed by atoms with Gasteiger partial charge in [0.15, 0.2) is 0 Å². The molecule has 0 spiro atoms. The van der Waals surface area contributed by atoms with Gasteiger partial charge in [-0.3, -0.25) is 9.69 Å². The number of methoxy groups -OCH3 is 1. The highest BCUT2D eigenvalue weighted by molar-refractivity contribution is 7.10. The zero-order valence-electron chi connectivity index (χ0n) is 15.3. The fourth-order valence-electron chi connectivity index (χ4n) is 4.13. The van der Waals surface area contributed by atoms with Crippen LogP contribution in [0.3, 0.4) is 0 Å². The first-order valence-corrected chi connectivity index (χ1v) is 10.3. The Labute approximate surface area is 159 Å². The van der Waals surface area contributed by atoms with E-state index in [1.807, 2.05) is 40.5 Å². The van der Waals surface area contributed by atoms with Crippen LogP contribution in [0.5, 0.6) is 5.75 Å². The number of fused-ring (bicyclic) bond motifs is 1. The van der Waals surface area contributed by atoms with Crippen LogP contribution in [0.2, 0.25) is 0 Å². The molecule has 0 N–H and O–H groups in total. The van der Waals surface area contributed by atoms with Crippen molar-refractivity contribution in [2.45, 2.75) is 38.3 Å². The van der Waals surface area contributed by atoms with Crippen molar-refractivity contribution in [3.63, 3.8) is 0 Å². The summed E-state index contributed by atoms with van der Waals surface area (Å²) in [6.45, 7) is 4.00. The summed E-state index contributed by atoms with van der Waals surface area (Å²) in [5, 5.41) is 2.22. The average Bonchev–Trinajstić information content (AvgIpc) is 3.16. The molecule has 2 aliphatic rings. The molecular formula is C21H26N2O2S. The van der Waals surface area contributed by atoms with Crippen LogP contribution in [-0.2, 0) is 24.2 Å². The van der Waals surface area contributed by atoms with Crippen molar-refractivity contribution < 1.29 is 9.53 Å². The number of carbonyl (C=O) groups is 1. The van der Waals surface area contributed by atoms with Crippen molar-refractivity contribution in [3.8, 4) is 5.75 Å². The smallest absolute Gasteiger partial charge is 0.226 e. The van der Waals surface area contributed by atoms with Crippen LogP contribution in [0.25, 0.3) is 0 Å². The third kappa shape index (κ3) is 3.79. The molecule has 1 saturated heterocycles. The van der Waals surface area contributed by atoms with E-state index >= 15 is 0 Å². The summed E-state index contributed by atoms with van der Waals surface area (Å²) in [5.41, 5.74) is 2.54. The molecule has 5 heteroatoms. The van der Waals surface area contributed by atoms with Gasteiger partial charge >= 0.3 is 0 Å². The summed E-state index contributed by atoms with van der Waals surface area (Å²) < 4.78 is 5.25. The second-order valence-electron chi connectivity index (χ2n) is 7.23. The second-order valence-corrected chi connectivity index (χ2v) is 8.23. The van der Waals surface area contributed by atoms with E-state index in [2.05, 4.69) is 16.3 Å². The van der Waals surface area contributed by atoms with Crippen molar-refractivity contribution in [1.82, 2.24) is 9.80 Å². The van der Waals surface area contributed by atoms with Crippen molar-refractivity contribution in [2.24, 2.45) is 0 Å². The lowest BCUT2D eigenvalue weighted by atomic mass is 9.99. The normalized spacial score (nSPS) is 18.6. The molecule has 0 atom stereocenters. The van der Waals surface area contributed by atoms with Gasteiger partial charge in [0, 0.05) is 37.1 Å². The third-order valence-corrected chi connectivity index (χ3v) is 6.68. The first-order chi connectivity index (χ1) is 12.7. The predicted octanol–water partition coefficient (Wildman–Crippen LogP) is 3.35. The largest absolute Gasteiger partial charge is 0.497 e. The molecule has 0 aliphatic carbocycles. The van der Waals surface area contributed by atoms with Crippen molar-refractivity contribution in [2.75, 3.05) is 26.7 Å². The number of amides is 1. The lowest BCUT2D eigenvalue weighted by molar-refractivity contribution is -0.132. The Morgan fingerprint density at radius 3 is 2.88 bits per heavy atom. The van der Waals surface area contributed by atoms with E-state index in [1.54, 1.807) is 12.0 Å². The fraction of sp³-hybridized carbons (Fsp3) is 0.476. The number of carbonyl (C=O) groups excluding carboxylic acids is 1. The molecule has 1 aromatic carbocycles. The van der Waals surface area contributed by atoms with Crippen LogP contribution in [-0.4, -0.2) is 48.5 Å². The summed E-state index contributed by atoms with van der Waals surface area (Å²) in [6.07, 6.45) is 3.82. The van der Waals surface area contributed by atoms with Crippen molar-refractivity contribution >= 4 is 17.2 Å². The van der Waals surface area contributed by atoms with Crippen LogP contribution in [0.15, 0.2) is 35.7 Å². The second kappa shape index (κ2) is 7.80. The van der Waals surface area contributed by atoms with Crippen LogP contribution < -0.4 is 4.74 Å². The van der Waals surface area contributed by atoms with Crippen molar-refractivity contribution in [1.29, 1.82) is 0 Å². The monoisotopic (exact) mass is 370 g/mol. The molecule has 4 rings (SSSR count). The SMILES string of the molecule is COc1cccc(CC(=O)N2CCC(N3CCc4sccc4C3)CC2)c1. The highest BCUT2D eigenvalue weighted by Gasteiger charge is 2.29. The van der Waals surface area contributed by atoms with Gasteiger partial charge in [-0.25, -0.2) is 0 Å². The Morgan fingerprint density at radius 2 is 2.08 bits per heavy atom. The number of hydrogen-bond donors (Lipinski definition) is 0. The van der Waals surface area contributed by atoms with Gasteiger partial charge in [0.05, 0.1) is 13.5 Å². The molecule has 0 radical (unpaired) electrons. The van der Waals surface area contributed by atoms with E-state index in [0.717, 1.165) is 50.3 Å². The first kappa shape index (κ1) is 17.6. The quantitative estimate of drug-likeness (QED) is 0.827. The minimum atomic E-state index is 0.232.